The Balaban J connectivity index is 2.30. The molecule has 1 rings (SSSR count). The molecule has 0 saturated carbocycles. The van der Waals surface area contributed by atoms with Crippen LogP contribution in [0, 0.1) is 5.41 Å². The molecule has 0 saturated heterocycles. The van der Waals surface area contributed by atoms with Crippen LogP contribution >= 0.6 is 47.8 Å². The average molecular weight is 458 g/mol. The van der Waals surface area contributed by atoms with Gasteiger partial charge >= 0.3 is 0 Å². The van der Waals surface area contributed by atoms with Crippen LogP contribution in [0.15, 0.2) is 25.6 Å². The SMILES string of the molecule is CC(C)(C)CCNCCOc1c(Br)cc(Br)cc1Br. The summed E-state index contributed by atoms with van der Waals surface area (Å²) in [6.07, 6.45) is 1.17. The van der Waals surface area contributed by atoms with Crippen LogP contribution in [0.3, 0.4) is 0 Å². The van der Waals surface area contributed by atoms with Crippen LogP contribution in [0.2, 0.25) is 0 Å². The van der Waals surface area contributed by atoms with E-state index in [9.17, 15) is 0 Å². The summed E-state index contributed by atoms with van der Waals surface area (Å²) in [5, 5.41) is 3.40. The van der Waals surface area contributed by atoms with Crippen LogP contribution in [-0.4, -0.2) is 19.7 Å². The van der Waals surface area contributed by atoms with Crippen molar-refractivity contribution in [2.75, 3.05) is 19.7 Å². The van der Waals surface area contributed by atoms with Crippen LogP contribution in [0.4, 0.5) is 0 Å². The molecule has 1 aromatic carbocycles. The van der Waals surface area contributed by atoms with Gasteiger partial charge in [-0.25, -0.2) is 0 Å². The zero-order valence-electron chi connectivity index (χ0n) is 11.5. The van der Waals surface area contributed by atoms with Crippen LogP contribution in [0.1, 0.15) is 27.2 Å². The van der Waals surface area contributed by atoms with E-state index < -0.39 is 0 Å². The summed E-state index contributed by atoms with van der Waals surface area (Å²) in [6.45, 7) is 9.28. The van der Waals surface area contributed by atoms with Crippen molar-refractivity contribution in [3.63, 3.8) is 0 Å². The number of halogens is 3. The Labute approximate surface area is 141 Å². The van der Waals surface area contributed by atoms with E-state index in [2.05, 4.69) is 73.9 Å². The Morgan fingerprint density at radius 1 is 1.05 bits per heavy atom. The first-order chi connectivity index (χ1) is 8.79. The van der Waals surface area contributed by atoms with Gasteiger partial charge in [-0.05, 0) is 62.4 Å². The third kappa shape index (κ3) is 7.11. The second-order valence-corrected chi connectivity index (χ2v) is 8.23. The summed E-state index contributed by atoms with van der Waals surface area (Å²) in [7, 11) is 0. The third-order valence-corrected chi connectivity index (χ3v) is 4.18. The van der Waals surface area contributed by atoms with Gasteiger partial charge in [0.15, 0.2) is 0 Å². The zero-order valence-corrected chi connectivity index (χ0v) is 16.3. The standard InChI is InChI=1S/C14H20Br3NO/c1-14(2,3)4-5-18-6-7-19-13-11(16)8-10(15)9-12(13)17/h8-9,18H,4-7H2,1-3H3. The molecule has 0 aromatic heterocycles. The van der Waals surface area contributed by atoms with Crippen LogP contribution in [0.25, 0.3) is 0 Å². The lowest BCUT2D eigenvalue weighted by atomic mass is 9.92. The maximum absolute atomic E-state index is 5.78. The molecule has 0 spiro atoms. The molecule has 0 bridgehead atoms. The summed E-state index contributed by atoms with van der Waals surface area (Å²) < 4.78 is 8.69. The Morgan fingerprint density at radius 3 is 2.16 bits per heavy atom. The quantitative estimate of drug-likeness (QED) is 0.579. The number of hydrogen-bond donors (Lipinski definition) is 1. The molecule has 0 atom stereocenters. The lowest BCUT2D eigenvalue weighted by Gasteiger charge is -2.18. The Morgan fingerprint density at radius 2 is 1.63 bits per heavy atom. The van der Waals surface area contributed by atoms with Crippen molar-refractivity contribution in [2.24, 2.45) is 5.41 Å². The minimum Gasteiger partial charge on any atom is -0.490 e. The van der Waals surface area contributed by atoms with Crippen molar-refractivity contribution < 1.29 is 4.74 Å². The number of benzene rings is 1. The van der Waals surface area contributed by atoms with Gasteiger partial charge in [0.1, 0.15) is 12.4 Å². The van der Waals surface area contributed by atoms with Crippen molar-refractivity contribution in [1.29, 1.82) is 0 Å². The van der Waals surface area contributed by atoms with Crippen molar-refractivity contribution in [1.82, 2.24) is 5.32 Å². The molecule has 0 aliphatic carbocycles. The molecular weight excluding hydrogens is 438 g/mol. The van der Waals surface area contributed by atoms with Gasteiger partial charge in [-0.15, -0.1) is 0 Å². The van der Waals surface area contributed by atoms with E-state index in [0.29, 0.717) is 12.0 Å². The molecular formula is C14H20Br3NO. The van der Waals surface area contributed by atoms with E-state index in [-0.39, 0.29) is 0 Å². The number of nitrogens with one attached hydrogen (secondary N) is 1. The van der Waals surface area contributed by atoms with Crippen molar-refractivity contribution >= 4 is 47.8 Å². The maximum atomic E-state index is 5.78. The van der Waals surface area contributed by atoms with Crippen LogP contribution in [0.5, 0.6) is 5.75 Å². The first kappa shape index (κ1) is 17.5. The van der Waals surface area contributed by atoms with Crippen LogP contribution in [-0.2, 0) is 0 Å². The van der Waals surface area contributed by atoms with Gasteiger partial charge in [0.2, 0.25) is 0 Å². The summed E-state index contributed by atoms with van der Waals surface area (Å²) in [6, 6.07) is 3.96. The fourth-order valence-corrected chi connectivity index (χ4v) is 3.97. The van der Waals surface area contributed by atoms with E-state index in [0.717, 1.165) is 32.3 Å². The van der Waals surface area contributed by atoms with E-state index in [1.54, 1.807) is 0 Å². The van der Waals surface area contributed by atoms with Gasteiger partial charge in [-0.3, -0.25) is 0 Å². The highest BCUT2D eigenvalue weighted by molar-refractivity contribution is 9.11. The van der Waals surface area contributed by atoms with E-state index in [4.69, 9.17) is 4.74 Å². The summed E-state index contributed by atoms with van der Waals surface area (Å²) in [5.74, 6) is 0.848. The molecule has 2 nitrogen and oxygen atoms in total. The first-order valence-electron chi connectivity index (χ1n) is 6.28. The normalized spacial score (nSPS) is 11.7. The van der Waals surface area contributed by atoms with Crippen molar-refractivity contribution in [2.45, 2.75) is 27.2 Å². The summed E-state index contributed by atoms with van der Waals surface area (Å²) in [5.41, 5.74) is 0.381. The monoisotopic (exact) mass is 455 g/mol. The summed E-state index contributed by atoms with van der Waals surface area (Å²) >= 11 is 10.4. The molecule has 108 valence electrons. The van der Waals surface area contributed by atoms with Gasteiger partial charge in [0.05, 0.1) is 8.95 Å². The molecule has 1 N–H and O–H groups in total. The maximum Gasteiger partial charge on any atom is 0.147 e. The highest BCUT2D eigenvalue weighted by Gasteiger charge is 2.09. The van der Waals surface area contributed by atoms with Gasteiger partial charge < -0.3 is 10.1 Å². The van der Waals surface area contributed by atoms with E-state index >= 15 is 0 Å². The number of ether oxygens (including phenoxy) is 1. The largest absolute Gasteiger partial charge is 0.490 e. The highest BCUT2D eigenvalue weighted by atomic mass is 79.9. The van der Waals surface area contributed by atoms with Crippen molar-refractivity contribution in [3.05, 3.63) is 25.6 Å². The minimum atomic E-state index is 0.381. The lowest BCUT2D eigenvalue weighted by Crippen LogP contribution is -2.25. The van der Waals surface area contributed by atoms with Crippen LogP contribution < -0.4 is 10.1 Å². The van der Waals surface area contributed by atoms with Gasteiger partial charge in [0, 0.05) is 11.0 Å². The highest BCUT2D eigenvalue weighted by Crippen LogP contribution is 2.36. The Hall–Kier alpha value is 0.420. The number of hydrogen-bond acceptors (Lipinski definition) is 2. The minimum absolute atomic E-state index is 0.381. The summed E-state index contributed by atoms with van der Waals surface area (Å²) in [4.78, 5) is 0. The second kappa shape index (κ2) is 8.01. The molecule has 0 fully saturated rings. The predicted octanol–water partition coefficient (Wildman–Crippen LogP) is 5.38. The molecule has 0 heterocycles. The van der Waals surface area contributed by atoms with E-state index in [1.807, 2.05) is 12.1 Å². The topological polar surface area (TPSA) is 21.3 Å². The Bertz CT molecular complexity index is 393. The third-order valence-electron chi connectivity index (χ3n) is 2.54. The molecule has 19 heavy (non-hydrogen) atoms. The van der Waals surface area contributed by atoms with Gasteiger partial charge in [-0.2, -0.15) is 0 Å². The van der Waals surface area contributed by atoms with Crippen molar-refractivity contribution in [3.8, 4) is 5.75 Å². The lowest BCUT2D eigenvalue weighted by molar-refractivity contribution is 0.301. The predicted molar refractivity (Wildman–Crippen MR) is 92.0 cm³/mol. The second-order valence-electron chi connectivity index (χ2n) is 5.61. The number of rotatable bonds is 6. The molecule has 0 unspecified atom stereocenters. The molecule has 0 aliphatic heterocycles. The van der Waals surface area contributed by atoms with Gasteiger partial charge in [-0.1, -0.05) is 36.7 Å². The zero-order chi connectivity index (χ0) is 14.5. The Kier molecular flexibility index (Phi) is 7.36. The fourth-order valence-electron chi connectivity index (χ4n) is 1.48. The molecule has 0 radical (unpaired) electrons. The van der Waals surface area contributed by atoms with E-state index in [1.165, 1.54) is 6.42 Å². The first-order valence-corrected chi connectivity index (χ1v) is 8.65. The molecule has 0 aliphatic rings. The fraction of sp³-hybridized carbons (Fsp3) is 0.571. The molecule has 1 aromatic rings. The van der Waals surface area contributed by atoms with Gasteiger partial charge in [0.25, 0.3) is 0 Å². The molecule has 0 amide bonds. The average Bonchev–Trinajstić information content (AvgIpc) is 2.24. The molecule has 5 heteroatoms. The smallest absolute Gasteiger partial charge is 0.147 e.